The Labute approximate surface area is 123 Å². The largest absolute Gasteiger partial charge is 0.493 e. The molecular weight excluding hydrogens is 246 g/mol. The average molecular weight is 275 g/mol. The molecule has 0 radical (unpaired) electrons. The summed E-state index contributed by atoms with van der Waals surface area (Å²) in [4.78, 5) is 0. The van der Waals surface area contributed by atoms with E-state index in [2.05, 4.69) is 50.4 Å². The molecule has 1 aliphatic rings. The maximum Gasteiger partial charge on any atom is 0.122 e. The van der Waals surface area contributed by atoms with Crippen LogP contribution in [0.15, 0.2) is 24.3 Å². The third kappa shape index (κ3) is 3.99. The quantitative estimate of drug-likeness (QED) is 0.761. The van der Waals surface area contributed by atoms with Crippen LogP contribution in [0.4, 0.5) is 0 Å². The number of nitrogens with one attached hydrogen (secondary N) is 1. The van der Waals surface area contributed by atoms with E-state index in [1.54, 1.807) is 0 Å². The molecule has 0 aliphatic carbocycles. The van der Waals surface area contributed by atoms with Crippen molar-refractivity contribution in [2.75, 3.05) is 13.2 Å². The molecule has 2 unspecified atom stereocenters. The fraction of sp³-hybridized carbons (Fsp3) is 0.667. The van der Waals surface area contributed by atoms with Crippen LogP contribution in [-0.2, 0) is 0 Å². The number of ether oxygens (including phenoxy) is 1. The second kappa shape index (κ2) is 7.68. The number of hydrogen-bond donors (Lipinski definition) is 1. The van der Waals surface area contributed by atoms with Gasteiger partial charge in [-0.15, -0.1) is 0 Å². The van der Waals surface area contributed by atoms with Crippen molar-refractivity contribution in [3.05, 3.63) is 29.8 Å². The van der Waals surface area contributed by atoms with E-state index in [1.807, 2.05) is 0 Å². The molecule has 112 valence electrons. The van der Waals surface area contributed by atoms with Crippen LogP contribution in [0.25, 0.3) is 0 Å². The van der Waals surface area contributed by atoms with E-state index in [9.17, 15) is 0 Å². The van der Waals surface area contributed by atoms with E-state index in [0.717, 1.165) is 18.9 Å². The van der Waals surface area contributed by atoms with Gasteiger partial charge in [0.1, 0.15) is 5.75 Å². The van der Waals surface area contributed by atoms with Crippen molar-refractivity contribution in [2.24, 2.45) is 5.92 Å². The Balaban J connectivity index is 1.78. The summed E-state index contributed by atoms with van der Waals surface area (Å²) in [6, 6.07) is 9.16. The fourth-order valence-corrected chi connectivity index (χ4v) is 3.05. The normalized spacial score (nSPS) is 18.9. The van der Waals surface area contributed by atoms with Crippen molar-refractivity contribution < 1.29 is 4.74 Å². The maximum absolute atomic E-state index is 5.77. The first-order valence-corrected chi connectivity index (χ1v) is 8.17. The third-order valence-corrected chi connectivity index (χ3v) is 4.33. The Morgan fingerprint density at radius 1 is 1.30 bits per heavy atom. The van der Waals surface area contributed by atoms with Crippen LogP contribution in [0.3, 0.4) is 0 Å². The molecule has 1 N–H and O–H groups in total. The first-order valence-electron chi connectivity index (χ1n) is 8.17. The summed E-state index contributed by atoms with van der Waals surface area (Å²) < 4.78 is 5.77. The van der Waals surface area contributed by atoms with Crippen LogP contribution in [-0.4, -0.2) is 19.2 Å². The average Bonchev–Trinajstić information content (AvgIpc) is 2.85. The van der Waals surface area contributed by atoms with Gasteiger partial charge in [-0.25, -0.2) is 0 Å². The summed E-state index contributed by atoms with van der Waals surface area (Å²) >= 11 is 0. The molecule has 20 heavy (non-hydrogen) atoms. The van der Waals surface area contributed by atoms with Crippen molar-refractivity contribution >= 4 is 0 Å². The molecular formula is C18H29NO. The molecule has 2 heteroatoms. The molecule has 2 atom stereocenters. The van der Waals surface area contributed by atoms with Gasteiger partial charge in [0.25, 0.3) is 0 Å². The Bertz CT molecular complexity index is 402. The van der Waals surface area contributed by atoms with E-state index in [-0.39, 0.29) is 0 Å². The van der Waals surface area contributed by atoms with Crippen molar-refractivity contribution in [3.63, 3.8) is 0 Å². The van der Waals surface area contributed by atoms with Gasteiger partial charge in [-0.1, -0.05) is 45.4 Å². The Kier molecular flexibility index (Phi) is 5.90. The van der Waals surface area contributed by atoms with Crippen LogP contribution in [0.1, 0.15) is 57.9 Å². The lowest BCUT2D eigenvalue weighted by Crippen LogP contribution is -2.34. The van der Waals surface area contributed by atoms with E-state index in [1.165, 1.54) is 31.2 Å². The Hall–Kier alpha value is -1.02. The molecule has 0 fully saturated rings. The van der Waals surface area contributed by atoms with Crippen LogP contribution >= 0.6 is 0 Å². The second-order valence-electron chi connectivity index (χ2n) is 6.28. The van der Waals surface area contributed by atoms with Crippen molar-refractivity contribution in [2.45, 2.75) is 58.4 Å². The van der Waals surface area contributed by atoms with Gasteiger partial charge >= 0.3 is 0 Å². The monoisotopic (exact) mass is 275 g/mol. The second-order valence-corrected chi connectivity index (χ2v) is 6.28. The third-order valence-electron chi connectivity index (χ3n) is 4.33. The van der Waals surface area contributed by atoms with E-state index in [0.29, 0.717) is 17.9 Å². The lowest BCUT2D eigenvalue weighted by Gasteiger charge is -2.22. The van der Waals surface area contributed by atoms with Gasteiger partial charge in [0.15, 0.2) is 0 Å². The molecule has 1 heterocycles. The van der Waals surface area contributed by atoms with Gasteiger partial charge in [-0.3, -0.25) is 0 Å². The predicted molar refractivity (Wildman–Crippen MR) is 85.4 cm³/mol. The van der Waals surface area contributed by atoms with E-state index < -0.39 is 0 Å². The Morgan fingerprint density at radius 2 is 2.10 bits per heavy atom. The van der Waals surface area contributed by atoms with Crippen LogP contribution in [0.2, 0.25) is 0 Å². The number of benzene rings is 1. The maximum atomic E-state index is 5.77. The van der Waals surface area contributed by atoms with E-state index >= 15 is 0 Å². The highest BCUT2D eigenvalue weighted by atomic mass is 16.5. The summed E-state index contributed by atoms with van der Waals surface area (Å²) in [5, 5.41) is 3.68. The molecule has 0 amide bonds. The minimum atomic E-state index is 0.602. The predicted octanol–water partition coefficient (Wildman–Crippen LogP) is 4.36. The highest BCUT2D eigenvalue weighted by Crippen LogP contribution is 2.36. The molecule has 0 saturated carbocycles. The van der Waals surface area contributed by atoms with Crippen LogP contribution in [0.5, 0.6) is 5.75 Å². The highest BCUT2D eigenvalue weighted by molar-refractivity contribution is 5.39. The smallest absolute Gasteiger partial charge is 0.122 e. The molecule has 0 bridgehead atoms. The summed E-state index contributed by atoms with van der Waals surface area (Å²) in [6.45, 7) is 8.88. The number of para-hydroxylation sites is 1. The van der Waals surface area contributed by atoms with Gasteiger partial charge in [-0.2, -0.15) is 0 Å². The lowest BCUT2D eigenvalue weighted by atomic mass is 9.92. The molecule has 2 rings (SSSR count). The van der Waals surface area contributed by atoms with Crippen molar-refractivity contribution in [1.29, 1.82) is 0 Å². The first kappa shape index (κ1) is 15.4. The van der Waals surface area contributed by atoms with Gasteiger partial charge in [-0.05, 0) is 37.8 Å². The Morgan fingerprint density at radius 3 is 2.85 bits per heavy atom. The van der Waals surface area contributed by atoms with Crippen molar-refractivity contribution in [3.8, 4) is 5.75 Å². The molecule has 0 saturated heterocycles. The highest BCUT2D eigenvalue weighted by Gasteiger charge is 2.23. The summed E-state index contributed by atoms with van der Waals surface area (Å²) in [5.74, 6) is 2.42. The minimum absolute atomic E-state index is 0.602. The fourth-order valence-electron chi connectivity index (χ4n) is 3.05. The number of hydrogen-bond acceptors (Lipinski definition) is 2. The molecule has 1 aliphatic heterocycles. The number of fused-ring (bicyclic) bond motifs is 1. The molecule has 2 nitrogen and oxygen atoms in total. The summed E-state index contributed by atoms with van der Waals surface area (Å²) in [5.41, 5.74) is 1.41. The molecule has 1 aromatic rings. The SMILES string of the molecule is CCCNC(CCCC1COc2ccccc21)C(C)C. The standard InChI is InChI=1S/C18H29NO/c1-4-12-19-17(14(2)3)10-7-8-15-13-20-18-11-6-5-9-16(15)18/h5-6,9,11,14-15,17,19H,4,7-8,10,12-13H2,1-3H3. The molecule has 1 aromatic carbocycles. The topological polar surface area (TPSA) is 21.3 Å². The summed E-state index contributed by atoms with van der Waals surface area (Å²) in [6.07, 6.45) is 5.01. The zero-order valence-electron chi connectivity index (χ0n) is 13.2. The van der Waals surface area contributed by atoms with Crippen LogP contribution < -0.4 is 10.1 Å². The van der Waals surface area contributed by atoms with Gasteiger partial charge < -0.3 is 10.1 Å². The first-order chi connectivity index (χ1) is 9.72. The van der Waals surface area contributed by atoms with Crippen LogP contribution in [0, 0.1) is 5.92 Å². The minimum Gasteiger partial charge on any atom is -0.493 e. The molecule has 0 spiro atoms. The lowest BCUT2D eigenvalue weighted by molar-refractivity contribution is 0.313. The van der Waals surface area contributed by atoms with Gasteiger partial charge in [0, 0.05) is 17.5 Å². The van der Waals surface area contributed by atoms with Crippen molar-refractivity contribution in [1.82, 2.24) is 5.32 Å². The summed E-state index contributed by atoms with van der Waals surface area (Å²) in [7, 11) is 0. The van der Waals surface area contributed by atoms with Gasteiger partial charge in [0.2, 0.25) is 0 Å². The van der Waals surface area contributed by atoms with Gasteiger partial charge in [0.05, 0.1) is 6.61 Å². The van der Waals surface area contributed by atoms with E-state index in [4.69, 9.17) is 4.74 Å². The zero-order chi connectivity index (χ0) is 14.4. The number of rotatable bonds is 8. The zero-order valence-corrected chi connectivity index (χ0v) is 13.2. The molecule has 0 aromatic heterocycles.